The third kappa shape index (κ3) is 6.52. The minimum Gasteiger partial charge on any atom is -0.496 e. The third-order valence-electron chi connectivity index (χ3n) is 7.18. The Bertz CT molecular complexity index is 1380. The van der Waals surface area contributed by atoms with E-state index in [1.165, 1.54) is 21.0 Å². The van der Waals surface area contributed by atoms with Gasteiger partial charge in [0, 0.05) is 41.9 Å². The molecule has 39 heavy (non-hydrogen) atoms. The molecule has 0 radical (unpaired) electrons. The summed E-state index contributed by atoms with van der Waals surface area (Å²) in [5, 5.41) is 3.74. The number of aromatic amines is 1. The van der Waals surface area contributed by atoms with Crippen LogP contribution in [-0.4, -0.2) is 52.1 Å². The van der Waals surface area contributed by atoms with Crippen molar-refractivity contribution in [1.29, 1.82) is 0 Å². The predicted molar refractivity (Wildman–Crippen MR) is 152 cm³/mol. The van der Waals surface area contributed by atoms with Crippen LogP contribution < -0.4 is 15.6 Å². The first kappa shape index (κ1) is 29.9. The zero-order valence-corrected chi connectivity index (χ0v) is 24.1. The van der Waals surface area contributed by atoms with Crippen LogP contribution in [0, 0.1) is 19.8 Å². The highest BCUT2D eigenvalue weighted by Crippen LogP contribution is 2.30. The van der Waals surface area contributed by atoms with E-state index in [1.54, 1.807) is 17.9 Å². The van der Waals surface area contributed by atoms with Crippen LogP contribution >= 0.6 is 0 Å². The van der Waals surface area contributed by atoms with Gasteiger partial charge in [0.2, 0.25) is 0 Å². The van der Waals surface area contributed by atoms with Gasteiger partial charge >= 0.3 is 0 Å². The number of hydrogen-bond donors (Lipinski definition) is 2. The number of hydrogen-bond acceptors (Lipinski definition) is 4. The summed E-state index contributed by atoms with van der Waals surface area (Å²) in [7, 11) is 1.50. The standard InChI is InChI=1S/C28H35FN4O4.C2H6/c1-17-14-23(37-5)21(25(34)31-17)15-30-26(35)24-18(2)33(22-9-7-6-8-20(22)24)16-19-10-12-32(13-11-19)27(36)28(3,4)29;1-2/h6-9,14,19H,10-13,15-16H2,1-5H3,(H,30,35)(H,31,34);1-2H3. The summed E-state index contributed by atoms with van der Waals surface area (Å²) >= 11 is 0. The number of fused-ring (bicyclic) bond motifs is 1. The first-order chi connectivity index (χ1) is 18.5. The number of aromatic nitrogens is 2. The minimum atomic E-state index is -1.87. The number of amides is 2. The molecule has 4 rings (SSSR count). The molecule has 9 heteroatoms. The molecule has 1 aromatic carbocycles. The van der Waals surface area contributed by atoms with Crippen LogP contribution in [0.1, 0.15) is 67.8 Å². The van der Waals surface area contributed by atoms with Crippen molar-refractivity contribution in [2.24, 2.45) is 5.92 Å². The SMILES string of the molecule is CC.COc1cc(C)[nH]c(=O)c1CNC(=O)c1c(C)n(CC2CCN(C(=O)C(C)(C)F)CC2)c2ccccc12. The molecule has 212 valence electrons. The normalized spacial score (nSPS) is 14.1. The zero-order chi connectivity index (χ0) is 28.9. The number of para-hydroxylation sites is 1. The lowest BCUT2D eigenvalue weighted by molar-refractivity contribution is -0.143. The van der Waals surface area contributed by atoms with Crippen LogP contribution in [0.3, 0.4) is 0 Å². The summed E-state index contributed by atoms with van der Waals surface area (Å²) in [5.74, 6) is 0.00542. The Morgan fingerprint density at radius 1 is 1.15 bits per heavy atom. The van der Waals surface area contributed by atoms with E-state index in [9.17, 15) is 18.8 Å². The maximum atomic E-state index is 14.1. The Balaban J connectivity index is 0.00000205. The van der Waals surface area contributed by atoms with Crippen molar-refractivity contribution in [2.45, 2.75) is 73.1 Å². The van der Waals surface area contributed by atoms with Gasteiger partial charge in [-0.3, -0.25) is 14.4 Å². The number of carbonyl (C=O) groups excluding carboxylic acids is 2. The number of methoxy groups -OCH3 is 1. The first-order valence-corrected chi connectivity index (χ1v) is 13.6. The topological polar surface area (TPSA) is 96.4 Å². The smallest absolute Gasteiger partial charge is 0.259 e. The Morgan fingerprint density at radius 3 is 2.41 bits per heavy atom. The molecule has 2 amide bonds. The Labute approximate surface area is 229 Å². The molecule has 2 N–H and O–H groups in total. The van der Waals surface area contributed by atoms with Crippen molar-refractivity contribution in [3.63, 3.8) is 0 Å². The molecule has 0 bridgehead atoms. The fraction of sp³-hybridized carbons (Fsp3) is 0.500. The van der Waals surface area contributed by atoms with Gasteiger partial charge in [-0.05, 0) is 58.6 Å². The van der Waals surface area contributed by atoms with Gasteiger partial charge in [0.15, 0.2) is 5.67 Å². The van der Waals surface area contributed by atoms with Gasteiger partial charge in [-0.25, -0.2) is 4.39 Å². The van der Waals surface area contributed by atoms with Gasteiger partial charge in [0.1, 0.15) is 5.75 Å². The van der Waals surface area contributed by atoms with E-state index >= 15 is 0 Å². The lowest BCUT2D eigenvalue weighted by Gasteiger charge is -2.34. The van der Waals surface area contributed by atoms with E-state index < -0.39 is 11.6 Å². The largest absolute Gasteiger partial charge is 0.496 e. The van der Waals surface area contributed by atoms with Gasteiger partial charge in [-0.2, -0.15) is 0 Å². The number of halogens is 1. The second-order valence-corrected chi connectivity index (χ2v) is 10.3. The molecule has 1 aliphatic rings. The van der Waals surface area contributed by atoms with E-state index in [4.69, 9.17) is 4.74 Å². The molecule has 3 heterocycles. The molecule has 0 saturated carbocycles. The fourth-order valence-corrected chi connectivity index (χ4v) is 5.20. The average Bonchev–Trinajstić information content (AvgIpc) is 3.19. The van der Waals surface area contributed by atoms with Crippen molar-refractivity contribution in [1.82, 2.24) is 19.8 Å². The fourth-order valence-electron chi connectivity index (χ4n) is 5.20. The van der Waals surface area contributed by atoms with Crippen molar-refractivity contribution < 1.29 is 18.7 Å². The average molecular weight is 541 g/mol. The quantitative estimate of drug-likeness (QED) is 0.446. The number of benzene rings is 1. The summed E-state index contributed by atoms with van der Waals surface area (Å²) in [6.07, 6.45) is 1.54. The monoisotopic (exact) mass is 540 g/mol. The summed E-state index contributed by atoms with van der Waals surface area (Å²) in [4.78, 5) is 42.5. The number of likely N-dealkylation sites (tertiary alicyclic amines) is 1. The molecular weight excluding hydrogens is 499 g/mol. The third-order valence-corrected chi connectivity index (χ3v) is 7.18. The lowest BCUT2D eigenvalue weighted by atomic mass is 9.95. The van der Waals surface area contributed by atoms with Crippen LogP contribution in [-0.2, 0) is 17.9 Å². The lowest BCUT2D eigenvalue weighted by Crippen LogP contribution is -2.46. The highest BCUT2D eigenvalue weighted by atomic mass is 19.1. The van der Waals surface area contributed by atoms with Crippen LogP contribution in [0.4, 0.5) is 4.39 Å². The predicted octanol–water partition coefficient (Wildman–Crippen LogP) is 4.90. The number of piperidine rings is 1. The van der Waals surface area contributed by atoms with E-state index in [0.29, 0.717) is 48.1 Å². The molecule has 1 aliphatic heterocycles. The maximum absolute atomic E-state index is 14.1. The molecule has 1 fully saturated rings. The number of alkyl halides is 1. The molecule has 8 nitrogen and oxygen atoms in total. The zero-order valence-electron chi connectivity index (χ0n) is 24.1. The van der Waals surface area contributed by atoms with Gasteiger partial charge in [-0.1, -0.05) is 32.0 Å². The highest BCUT2D eigenvalue weighted by Gasteiger charge is 2.34. The van der Waals surface area contributed by atoms with Crippen LogP contribution in [0.25, 0.3) is 10.9 Å². The van der Waals surface area contributed by atoms with Crippen molar-refractivity contribution in [2.75, 3.05) is 20.2 Å². The molecule has 0 aliphatic carbocycles. The van der Waals surface area contributed by atoms with Gasteiger partial charge < -0.3 is 24.5 Å². The summed E-state index contributed by atoms with van der Waals surface area (Å²) in [5.41, 5.74) is 1.25. The number of nitrogens with one attached hydrogen (secondary N) is 2. The Morgan fingerprint density at radius 2 is 1.79 bits per heavy atom. The second-order valence-electron chi connectivity index (χ2n) is 10.3. The molecule has 0 atom stereocenters. The van der Waals surface area contributed by atoms with Gasteiger partial charge in [-0.15, -0.1) is 0 Å². The summed E-state index contributed by atoms with van der Waals surface area (Å²) < 4.78 is 21.6. The second kappa shape index (κ2) is 12.5. The Kier molecular flexibility index (Phi) is 9.59. The minimum absolute atomic E-state index is 0.0357. The Hall–Kier alpha value is -3.62. The van der Waals surface area contributed by atoms with Crippen molar-refractivity contribution in [3.8, 4) is 5.75 Å². The number of H-pyrrole nitrogens is 1. The molecular formula is C30H41FN4O4. The number of rotatable bonds is 7. The molecule has 3 aromatic rings. The molecule has 1 saturated heterocycles. The molecule has 0 unspecified atom stereocenters. The van der Waals surface area contributed by atoms with E-state index in [1.807, 2.05) is 45.0 Å². The van der Waals surface area contributed by atoms with Crippen LogP contribution in [0.15, 0.2) is 35.1 Å². The molecule has 0 spiro atoms. The van der Waals surface area contributed by atoms with Gasteiger partial charge in [0.25, 0.3) is 17.4 Å². The van der Waals surface area contributed by atoms with Crippen LogP contribution in [0.5, 0.6) is 5.75 Å². The summed E-state index contributed by atoms with van der Waals surface area (Å²) in [6.45, 7) is 12.1. The van der Waals surface area contributed by atoms with E-state index in [0.717, 1.165) is 29.4 Å². The number of aryl methyl sites for hydroxylation is 1. The molecule has 2 aromatic heterocycles. The maximum Gasteiger partial charge on any atom is 0.259 e. The number of pyridine rings is 1. The highest BCUT2D eigenvalue weighted by molar-refractivity contribution is 6.08. The summed E-state index contributed by atoms with van der Waals surface area (Å²) in [6, 6.07) is 9.50. The number of ether oxygens (including phenoxy) is 1. The first-order valence-electron chi connectivity index (χ1n) is 13.6. The van der Waals surface area contributed by atoms with E-state index in [2.05, 4.69) is 14.9 Å². The number of carbonyl (C=O) groups is 2. The number of nitrogens with zero attached hydrogens (tertiary/aromatic N) is 2. The van der Waals surface area contributed by atoms with Crippen molar-refractivity contribution in [3.05, 3.63) is 63.2 Å². The van der Waals surface area contributed by atoms with Crippen LogP contribution in [0.2, 0.25) is 0 Å². The van der Waals surface area contributed by atoms with Crippen molar-refractivity contribution >= 4 is 22.7 Å². The van der Waals surface area contributed by atoms with E-state index in [-0.39, 0.29) is 18.0 Å². The van der Waals surface area contributed by atoms with Gasteiger partial charge in [0.05, 0.1) is 24.8 Å².